The number of ketones is 1. The highest BCUT2D eigenvalue weighted by Gasteiger charge is 2.30. The van der Waals surface area contributed by atoms with Crippen LogP contribution in [0.5, 0.6) is 0 Å². The molecule has 7 nitrogen and oxygen atoms in total. The molecule has 3 heterocycles. The fourth-order valence-corrected chi connectivity index (χ4v) is 2.50. The van der Waals surface area contributed by atoms with E-state index >= 15 is 0 Å². The van der Waals surface area contributed by atoms with Crippen molar-refractivity contribution < 1.29 is 10.0 Å². The van der Waals surface area contributed by atoms with Gasteiger partial charge in [-0.3, -0.25) is 24.8 Å². The van der Waals surface area contributed by atoms with Crippen LogP contribution in [0.15, 0.2) is 41.3 Å². The summed E-state index contributed by atoms with van der Waals surface area (Å²) in [5.74, 6) is -0.331. The Kier molecular flexibility index (Phi) is 2.22. The van der Waals surface area contributed by atoms with Crippen molar-refractivity contribution in [2.45, 2.75) is 0 Å². The molecule has 2 aromatic heterocycles. The summed E-state index contributed by atoms with van der Waals surface area (Å²) >= 11 is 0. The van der Waals surface area contributed by atoms with Gasteiger partial charge in [-0.15, -0.1) is 0 Å². The third kappa shape index (κ3) is 1.46. The van der Waals surface area contributed by atoms with Crippen LogP contribution in [0.25, 0.3) is 16.7 Å². The van der Waals surface area contributed by atoms with Crippen LogP contribution in [0.3, 0.4) is 0 Å². The number of pyridine rings is 1. The van der Waals surface area contributed by atoms with Crippen LogP contribution in [0, 0.1) is 0 Å². The van der Waals surface area contributed by atoms with Crippen LogP contribution in [-0.2, 0) is 0 Å². The minimum atomic E-state index is -0.369. The summed E-state index contributed by atoms with van der Waals surface area (Å²) in [6.45, 7) is 0. The van der Waals surface area contributed by atoms with E-state index in [0.717, 1.165) is 0 Å². The molecule has 0 radical (unpaired) electrons. The van der Waals surface area contributed by atoms with Crippen molar-refractivity contribution in [3.63, 3.8) is 0 Å². The lowest BCUT2D eigenvalue weighted by Crippen LogP contribution is -2.21. The maximum absolute atomic E-state index is 12.5. The molecule has 0 aliphatic carbocycles. The highest BCUT2D eigenvalue weighted by molar-refractivity contribution is 6.13. The predicted octanol–water partition coefficient (Wildman–Crippen LogP) is 1.13. The second kappa shape index (κ2) is 3.97. The van der Waals surface area contributed by atoms with Gasteiger partial charge in [0.25, 0.3) is 5.56 Å². The van der Waals surface area contributed by atoms with Crippen molar-refractivity contribution in [1.82, 2.24) is 14.5 Å². The lowest BCUT2D eigenvalue weighted by Gasteiger charge is -2.05. The molecular formula is C14H8N4O3. The zero-order chi connectivity index (χ0) is 14.6. The number of hydrogen-bond acceptors (Lipinski definition) is 6. The highest BCUT2D eigenvalue weighted by Crippen LogP contribution is 2.28. The normalized spacial score (nSPS) is 12.3. The van der Waals surface area contributed by atoms with Gasteiger partial charge in [0.05, 0.1) is 22.3 Å². The number of carbonyl (C=O) groups is 1. The molecule has 1 aliphatic heterocycles. The lowest BCUT2D eigenvalue weighted by molar-refractivity contribution is 0.103. The van der Waals surface area contributed by atoms with Crippen LogP contribution in [0.4, 0.5) is 5.69 Å². The van der Waals surface area contributed by atoms with E-state index in [0.29, 0.717) is 22.3 Å². The van der Waals surface area contributed by atoms with E-state index in [2.05, 4.69) is 9.97 Å². The van der Waals surface area contributed by atoms with E-state index in [-0.39, 0.29) is 22.8 Å². The molecular weight excluding hydrogens is 272 g/mol. The highest BCUT2D eigenvalue weighted by atomic mass is 16.5. The minimum absolute atomic E-state index is 0.0382. The van der Waals surface area contributed by atoms with Crippen molar-refractivity contribution >= 4 is 22.5 Å². The number of carbonyl (C=O) groups excluding carboxylic acids is 1. The Morgan fingerprint density at radius 1 is 1.19 bits per heavy atom. The fraction of sp³-hybridized carbons (Fsp3) is 0. The Bertz CT molecular complexity index is 978. The number of hydrogen-bond donors (Lipinski definition) is 2. The SMILES string of the molecule is O=C1c2cc(NO)ccc2-n2c1nc1ncccc1c2=O. The van der Waals surface area contributed by atoms with Crippen molar-refractivity contribution in [2.24, 2.45) is 0 Å². The monoisotopic (exact) mass is 280 g/mol. The van der Waals surface area contributed by atoms with Gasteiger partial charge in [-0.1, -0.05) is 0 Å². The Morgan fingerprint density at radius 2 is 2.05 bits per heavy atom. The molecule has 21 heavy (non-hydrogen) atoms. The molecule has 0 saturated heterocycles. The molecule has 0 amide bonds. The van der Waals surface area contributed by atoms with E-state index in [9.17, 15) is 9.59 Å². The summed E-state index contributed by atoms with van der Waals surface area (Å²) in [6.07, 6.45) is 1.52. The van der Waals surface area contributed by atoms with Gasteiger partial charge in [-0.05, 0) is 30.3 Å². The van der Waals surface area contributed by atoms with E-state index in [1.54, 1.807) is 24.3 Å². The largest absolute Gasteiger partial charge is 0.291 e. The molecule has 4 rings (SSSR count). The quantitative estimate of drug-likeness (QED) is 0.507. The molecule has 0 spiro atoms. The summed E-state index contributed by atoms with van der Waals surface area (Å²) in [7, 11) is 0. The van der Waals surface area contributed by atoms with E-state index in [1.165, 1.54) is 16.8 Å². The number of fused-ring (bicyclic) bond motifs is 4. The van der Waals surface area contributed by atoms with Gasteiger partial charge in [-0.25, -0.2) is 9.97 Å². The molecule has 0 bridgehead atoms. The molecule has 0 saturated carbocycles. The Balaban J connectivity index is 2.13. The first-order valence-electron chi connectivity index (χ1n) is 6.18. The van der Waals surface area contributed by atoms with Crippen molar-refractivity contribution in [2.75, 3.05) is 5.48 Å². The molecule has 0 fully saturated rings. The Hall–Kier alpha value is -3.06. The van der Waals surface area contributed by atoms with E-state index < -0.39 is 0 Å². The van der Waals surface area contributed by atoms with Crippen molar-refractivity contribution in [3.8, 4) is 5.69 Å². The molecule has 3 aromatic rings. The lowest BCUT2D eigenvalue weighted by atomic mass is 10.1. The third-order valence-electron chi connectivity index (χ3n) is 3.46. The van der Waals surface area contributed by atoms with Crippen molar-refractivity contribution in [1.29, 1.82) is 0 Å². The average molecular weight is 280 g/mol. The molecule has 1 aromatic carbocycles. The summed E-state index contributed by atoms with van der Waals surface area (Å²) in [6, 6.07) is 7.91. The summed E-state index contributed by atoms with van der Waals surface area (Å²) in [5.41, 5.74) is 3.03. The first-order chi connectivity index (χ1) is 10.2. The summed E-state index contributed by atoms with van der Waals surface area (Å²) in [5, 5.41) is 9.28. The zero-order valence-corrected chi connectivity index (χ0v) is 10.6. The van der Waals surface area contributed by atoms with Crippen LogP contribution >= 0.6 is 0 Å². The minimum Gasteiger partial charge on any atom is -0.291 e. The standard InChI is InChI=1S/C14H8N4O3/c19-11-9-6-7(17-21)3-4-10(9)18-13(11)16-12-8(14(18)20)2-1-5-15-12/h1-6,17,21H. The second-order valence-corrected chi connectivity index (χ2v) is 4.62. The van der Waals surface area contributed by atoms with Crippen LogP contribution in [0.2, 0.25) is 0 Å². The first kappa shape index (κ1) is 11.7. The maximum atomic E-state index is 12.5. The number of benzene rings is 1. The fourth-order valence-electron chi connectivity index (χ4n) is 2.50. The van der Waals surface area contributed by atoms with Gasteiger partial charge in [-0.2, -0.15) is 0 Å². The number of nitrogens with one attached hydrogen (secondary N) is 1. The van der Waals surface area contributed by atoms with Crippen LogP contribution in [0.1, 0.15) is 16.2 Å². The molecule has 102 valence electrons. The van der Waals surface area contributed by atoms with Gasteiger partial charge >= 0.3 is 0 Å². The first-order valence-corrected chi connectivity index (χ1v) is 6.18. The number of aromatic nitrogens is 3. The summed E-state index contributed by atoms with van der Waals surface area (Å²) < 4.78 is 1.28. The molecule has 2 N–H and O–H groups in total. The molecule has 1 aliphatic rings. The second-order valence-electron chi connectivity index (χ2n) is 4.62. The molecule has 0 atom stereocenters. The third-order valence-corrected chi connectivity index (χ3v) is 3.46. The van der Waals surface area contributed by atoms with E-state index in [1.807, 2.05) is 5.48 Å². The van der Waals surface area contributed by atoms with Gasteiger partial charge in [0.1, 0.15) is 0 Å². The topological polar surface area (TPSA) is 97.1 Å². The van der Waals surface area contributed by atoms with Gasteiger partial charge < -0.3 is 0 Å². The number of rotatable bonds is 1. The maximum Gasteiger partial charge on any atom is 0.267 e. The van der Waals surface area contributed by atoms with Gasteiger partial charge in [0.2, 0.25) is 5.78 Å². The number of nitrogens with zero attached hydrogens (tertiary/aromatic N) is 3. The van der Waals surface area contributed by atoms with Gasteiger partial charge in [0.15, 0.2) is 11.5 Å². The van der Waals surface area contributed by atoms with Crippen molar-refractivity contribution in [3.05, 3.63) is 58.3 Å². The Morgan fingerprint density at radius 3 is 2.86 bits per heavy atom. The molecule has 0 unspecified atom stereocenters. The van der Waals surface area contributed by atoms with E-state index in [4.69, 9.17) is 5.21 Å². The Labute approximate surface area is 117 Å². The zero-order valence-electron chi connectivity index (χ0n) is 10.6. The smallest absolute Gasteiger partial charge is 0.267 e. The van der Waals surface area contributed by atoms with Crippen LogP contribution < -0.4 is 11.0 Å². The number of anilines is 1. The van der Waals surface area contributed by atoms with Gasteiger partial charge in [0, 0.05) is 6.20 Å². The van der Waals surface area contributed by atoms with Crippen LogP contribution in [-0.4, -0.2) is 25.5 Å². The molecule has 7 heteroatoms. The summed E-state index contributed by atoms with van der Waals surface area (Å²) in [4.78, 5) is 33.2. The average Bonchev–Trinajstić information content (AvgIpc) is 2.80. The predicted molar refractivity (Wildman–Crippen MR) is 74.0 cm³/mol.